The van der Waals surface area contributed by atoms with Gasteiger partial charge in [0.05, 0.1) is 0 Å². The van der Waals surface area contributed by atoms with Crippen LogP contribution in [0.15, 0.2) is 77.5 Å². The second kappa shape index (κ2) is 6.55. The number of halogens is 1. The zero-order valence-electron chi connectivity index (χ0n) is 11.4. The maximum atomic E-state index is 5.97. The van der Waals surface area contributed by atoms with Crippen LogP contribution in [-0.4, -0.2) is 4.98 Å². The second-order valence-corrected chi connectivity index (χ2v) is 5.58. The molecule has 2 aromatic carbocycles. The summed E-state index contributed by atoms with van der Waals surface area (Å²) >= 11 is 3.42. The Morgan fingerprint density at radius 1 is 0.905 bits per heavy atom. The first kappa shape index (κ1) is 13.8. The van der Waals surface area contributed by atoms with Crippen LogP contribution in [0.25, 0.3) is 11.1 Å². The van der Waals surface area contributed by atoms with E-state index in [9.17, 15) is 0 Å². The number of rotatable bonds is 4. The van der Waals surface area contributed by atoms with Crippen molar-refractivity contribution in [2.45, 2.75) is 6.61 Å². The number of ether oxygens (including phenoxy) is 1. The van der Waals surface area contributed by atoms with Crippen LogP contribution in [0.5, 0.6) is 5.75 Å². The Hall–Kier alpha value is -2.13. The lowest BCUT2D eigenvalue weighted by Crippen LogP contribution is -1.97. The summed E-state index contributed by atoms with van der Waals surface area (Å²) in [7, 11) is 0. The maximum absolute atomic E-state index is 5.97. The number of pyridine rings is 1. The number of hydrogen-bond acceptors (Lipinski definition) is 2. The molecule has 0 bridgehead atoms. The third-order valence-electron chi connectivity index (χ3n) is 3.13. The van der Waals surface area contributed by atoms with Gasteiger partial charge < -0.3 is 4.74 Å². The van der Waals surface area contributed by atoms with Gasteiger partial charge in [-0.1, -0.05) is 48.5 Å². The molecule has 3 heteroatoms. The molecule has 1 heterocycles. The molecule has 0 aliphatic carbocycles. The molecule has 0 aliphatic rings. The molecule has 2 nitrogen and oxygen atoms in total. The van der Waals surface area contributed by atoms with Crippen molar-refractivity contribution >= 4 is 15.9 Å². The van der Waals surface area contributed by atoms with E-state index in [4.69, 9.17) is 4.74 Å². The molecule has 21 heavy (non-hydrogen) atoms. The molecule has 0 radical (unpaired) electrons. The monoisotopic (exact) mass is 339 g/mol. The lowest BCUT2D eigenvalue weighted by atomic mass is 10.1. The first-order valence-corrected chi connectivity index (χ1v) is 7.49. The predicted octanol–water partition coefficient (Wildman–Crippen LogP) is 5.09. The van der Waals surface area contributed by atoms with E-state index < -0.39 is 0 Å². The van der Waals surface area contributed by atoms with Crippen LogP contribution >= 0.6 is 15.9 Å². The van der Waals surface area contributed by atoms with Gasteiger partial charge in [-0.05, 0) is 33.6 Å². The third-order valence-corrected chi connectivity index (χ3v) is 3.56. The highest BCUT2D eigenvalue weighted by Gasteiger charge is 2.05. The van der Waals surface area contributed by atoms with E-state index in [1.54, 1.807) is 6.20 Å². The molecule has 0 aliphatic heterocycles. The minimum atomic E-state index is 0.496. The summed E-state index contributed by atoms with van der Waals surface area (Å²) in [5.74, 6) is 0.878. The molecule has 0 fully saturated rings. The van der Waals surface area contributed by atoms with Gasteiger partial charge in [0.25, 0.3) is 0 Å². The Morgan fingerprint density at radius 3 is 2.48 bits per heavy atom. The van der Waals surface area contributed by atoms with Crippen molar-refractivity contribution in [3.05, 3.63) is 83.1 Å². The molecule has 104 valence electrons. The van der Waals surface area contributed by atoms with Gasteiger partial charge in [0.1, 0.15) is 12.4 Å². The quantitative estimate of drug-likeness (QED) is 0.660. The summed E-state index contributed by atoms with van der Waals surface area (Å²) in [6.45, 7) is 0.496. The van der Waals surface area contributed by atoms with Crippen LogP contribution in [0.4, 0.5) is 0 Å². The summed E-state index contributed by atoms with van der Waals surface area (Å²) in [4.78, 5) is 4.15. The maximum Gasteiger partial charge on any atom is 0.127 e. The Bertz CT molecular complexity index is 728. The number of benzene rings is 2. The summed E-state index contributed by atoms with van der Waals surface area (Å²) < 4.78 is 6.93. The minimum Gasteiger partial charge on any atom is -0.488 e. The number of aromatic nitrogens is 1. The Labute approximate surface area is 132 Å². The van der Waals surface area contributed by atoms with Crippen molar-refractivity contribution in [2.24, 2.45) is 0 Å². The fraction of sp³-hybridized carbons (Fsp3) is 0.0556. The number of nitrogens with zero attached hydrogens (tertiary/aromatic N) is 1. The molecular weight excluding hydrogens is 326 g/mol. The summed E-state index contributed by atoms with van der Waals surface area (Å²) in [5, 5.41) is 0. The van der Waals surface area contributed by atoms with Crippen LogP contribution in [0.1, 0.15) is 5.56 Å². The van der Waals surface area contributed by atoms with Gasteiger partial charge >= 0.3 is 0 Å². The van der Waals surface area contributed by atoms with Crippen molar-refractivity contribution in [1.82, 2.24) is 4.98 Å². The SMILES string of the molecule is Brc1cncc(COc2ccccc2-c2ccccc2)c1. The predicted molar refractivity (Wildman–Crippen MR) is 88.1 cm³/mol. The molecule has 3 aromatic rings. The van der Waals surface area contributed by atoms with E-state index in [2.05, 4.69) is 39.1 Å². The van der Waals surface area contributed by atoms with Crippen molar-refractivity contribution in [2.75, 3.05) is 0 Å². The lowest BCUT2D eigenvalue weighted by Gasteiger charge is -2.11. The normalized spacial score (nSPS) is 10.3. The summed E-state index contributed by atoms with van der Waals surface area (Å²) in [6, 6.07) is 20.3. The van der Waals surface area contributed by atoms with Crippen LogP contribution in [0, 0.1) is 0 Å². The molecule has 0 unspecified atom stereocenters. The minimum absolute atomic E-state index is 0.496. The van der Waals surface area contributed by atoms with Gasteiger partial charge in [0.2, 0.25) is 0 Å². The number of hydrogen-bond donors (Lipinski definition) is 0. The first-order valence-electron chi connectivity index (χ1n) is 6.69. The highest BCUT2D eigenvalue weighted by molar-refractivity contribution is 9.10. The van der Waals surface area contributed by atoms with Crippen molar-refractivity contribution in [3.63, 3.8) is 0 Å². The molecule has 0 spiro atoms. The van der Waals surface area contributed by atoms with Gasteiger partial charge in [-0.15, -0.1) is 0 Å². The van der Waals surface area contributed by atoms with Crippen molar-refractivity contribution in [1.29, 1.82) is 0 Å². The zero-order chi connectivity index (χ0) is 14.5. The summed E-state index contributed by atoms with van der Waals surface area (Å²) in [5.41, 5.74) is 3.29. The molecule has 0 atom stereocenters. The highest BCUT2D eigenvalue weighted by Crippen LogP contribution is 2.30. The fourth-order valence-electron chi connectivity index (χ4n) is 2.14. The van der Waals surface area contributed by atoms with E-state index in [0.717, 1.165) is 26.9 Å². The molecule has 3 rings (SSSR count). The molecule has 0 saturated heterocycles. The van der Waals surface area contributed by atoms with Gasteiger partial charge in [-0.2, -0.15) is 0 Å². The first-order chi connectivity index (χ1) is 10.3. The van der Waals surface area contributed by atoms with Crippen LogP contribution in [0.3, 0.4) is 0 Å². The van der Waals surface area contributed by atoms with Crippen LogP contribution in [-0.2, 0) is 6.61 Å². The van der Waals surface area contributed by atoms with E-state index in [1.807, 2.05) is 48.7 Å². The largest absolute Gasteiger partial charge is 0.488 e. The lowest BCUT2D eigenvalue weighted by molar-refractivity contribution is 0.307. The third kappa shape index (κ3) is 3.50. The Balaban J connectivity index is 1.83. The van der Waals surface area contributed by atoms with Gasteiger partial charge in [0, 0.05) is 28.0 Å². The topological polar surface area (TPSA) is 22.1 Å². The van der Waals surface area contributed by atoms with Gasteiger partial charge in [0.15, 0.2) is 0 Å². The molecule has 0 saturated carbocycles. The van der Waals surface area contributed by atoms with Gasteiger partial charge in [-0.25, -0.2) is 0 Å². The highest BCUT2D eigenvalue weighted by atomic mass is 79.9. The molecule has 0 amide bonds. The molecule has 0 N–H and O–H groups in total. The average Bonchev–Trinajstić information content (AvgIpc) is 2.54. The molecule has 1 aromatic heterocycles. The van der Waals surface area contributed by atoms with Crippen molar-refractivity contribution in [3.8, 4) is 16.9 Å². The van der Waals surface area contributed by atoms with Crippen LogP contribution in [0.2, 0.25) is 0 Å². The fourth-order valence-corrected chi connectivity index (χ4v) is 2.56. The van der Waals surface area contributed by atoms with Gasteiger partial charge in [-0.3, -0.25) is 4.98 Å². The second-order valence-electron chi connectivity index (χ2n) is 4.66. The zero-order valence-corrected chi connectivity index (χ0v) is 13.0. The summed E-state index contributed by atoms with van der Waals surface area (Å²) in [6.07, 6.45) is 3.58. The van der Waals surface area contributed by atoms with Crippen LogP contribution < -0.4 is 4.74 Å². The number of para-hydroxylation sites is 1. The van der Waals surface area contributed by atoms with E-state index >= 15 is 0 Å². The Morgan fingerprint density at radius 2 is 1.67 bits per heavy atom. The average molecular weight is 340 g/mol. The Kier molecular flexibility index (Phi) is 4.31. The van der Waals surface area contributed by atoms with E-state index in [-0.39, 0.29) is 0 Å². The smallest absolute Gasteiger partial charge is 0.127 e. The van der Waals surface area contributed by atoms with E-state index in [1.165, 1.54) is 0 Å². The van der Waals surface area contributed by atoms with E-state index in [0.29, 0.717) is 6.61 Å². The standard InChI is InChI=1S/C18H14BrNO/c19-16-10-14(11-20-12-16)13-21-18-9-5-4-8-17(18)15-6-2-1-3-7-15/h1-12H,13H2. The van der Waals surface area contributed by atoms with Crippen molar-refractivity contribution < 1.29 is 4.74 Å². The molecular formula is C18H14BrNO.